The van der Waals surface area contributed by atoms with Crippen LogP contribution in [-0.4, -0.2) is 0 Å². The van der Waals surface area contributed by atoms with Crippen LogP contribution in [0.3, 0.4) is 0 Å². The van der Waals surface area contributed by atoms with E-state index in [-0.39, 0.29) is 26.2 Å². The SMILES string of the molecule is [C-]1=CC=CC1.[CH2-]CCc1ccccc1.[Zr+3].[c-]1cccc2c1Cc1ccccc1-2. The van der Waals surface area contributed by atoms with Gasteiger partial charge in [0.05, 0.1) is 0 Å². The van der Waals surface area contributed by atoms with Crippen LogP contribution < -0.4 is 0 Å². The van der Waals surface area contributed by atoms with Gasteiger partial charge in [-0.05, 0) is 6.42 Å². The van der Waals surface area contributed by atoms with Crippen LogP contribution in [0.4, 0.5) is 0 Å². The summed E-state index contributed by atoms with van der Waals surface area (Å²) in [5.41, 5.74) is 6.89. The third kappa shape index (κ3) is 6.57. The Kier molecular flexibility index (Phi) is 9.94. The van der Waals surface area contributed by atoms with E-state index in [0.29, 0.717) is 0 Å². The van der Waals surface area contributed by atoms with E-state index in [9.17, 15) is 0 Å². The van der Waals surface area contributed by atoms with Crippen molar-refractivity contribution < 1.29 is 26.2 Å². The Morgan fingerprint density at radius 2 is 1.61 bits per heavy atom. The van der Waals surface area contributed by atoms with Crippen molar-refractivity contribution in [2.24, 2.45) is 0 Å². The van der Waals surface area contributed by atoms with Crippen molar-refractivity contribution in [3.8, 4) is 11.1 Å². The van der Waals surface area contributed by atoms with Crippen molar-refractivity contribution in [3.05, 3.63) is 127 Å². The summed E-state index contributed by atoms with van der Waals surface area (Å²) in [6.45, 7) is 3.78. The van der Waals surface area contributed by atoms with Crippen LogP contribution in [-0.2, 0) is 39.0 Å². The standard InChI is InChI=1S/C13H9.C9H11.C5H5.Zr/c1-3-7-12-10(5-1)9-11-6-2-4-8-13(11)12;1-2-6-9-7-4-3-5-8-9;1-2-4-5-3-1;/h1-5,7-8H,9H2;3-5,7-8H,1-2,6H2;1-3H,4H2;/q3*-1;+3. The molecule has 0 saturated heterocycles. The second-order valence-electron chi connectivity index (χ2n) is 6.49. The zero-order chi connectivity index (χ0) is 18.7. The third-order valence-corrected chi connectivity index (χ3v) is 4.51. The van der Waals surface area contributed by atoms with Gasteiger partial charge >= 0.3 is 26.2 Å². The summed E-state index contributed by atoms with van der Waals surface area (Å²) in [6.07, 6.45) is 13.1. The molecule has 1 radical (unpaired) electrons. The minimum Gasteiger partial charge on any atom is -0.343 e. The number of hydrogen-bond donors (Lipinski definition) is 0. The average Bonchev–Trinajstić information content (AvgIpc) is 3.41. The topological polar surface area (TPSA) is 0 Å². The van der Waals surface area contributed by atoms with Crippen molar-refractivity contribution in [1.29, 1.82) is 0 Å². The molecule has 2 aliphatic carbocycles. The zero-order valence-corrected chi connectivity index (χ0v) is 18.7. The molecule has 0 bridgehead atoms. The molecule has 3 aromatic rings. The zero-order valence-electron chi connectivity index (χ0n) is 16.2. The predicted octanol–water partition coefficient (Wildman–Crippen LogP) is 6.81. The molecule has 0 aromatic heterocycles. The number of fused-ring (bicyclic) bond motifs is 3. The molecule has 5 rings (SSSR count). The molecular weight excluding hydrogens is 416 g/mol. The van der Waals surface area contributed by atoms with Crippen molar-refractivity contribution in [1.82, 2.24) is 0 Å². The van der Waals surface area contributed by atoms with Gasteiger partial charge in [-0.25, -0.2) is 12.2 Å². The van der Waals surface area contributed by atoms with E-state index in [0.717, 1.165) is 25.7 Å². The molecule has 0 spiro atoms. The maximum Gasteiger partial charge on any atom is 3.00 e. The fraction of sp³-hybridized carbons (Fsp3) is 0.148. The summed E-state index contributed by atoms with van der Waals surface area (Å²) in [4.78, 5) is 0. The first-order valence-electron chi connectivity index (χ1n) is 9.51. The van der Waals surface area contributed by atoms with Gasteiger partial charge in [0.2, 0.25) is 0 Å². The van der Waals surface area contributed by atoms with Crippen molar-refractivity contribution in [2.75, 3.05) is 0 Å². The molecular formula is C27H25Zr. The van der Waals surface area contributed by atoms with Crippen LogP contribution in [0.5, 0.6) is 0 Å². The molecule has 28 heavy (non-hydrogen) atoms. The minimum atomic E-state index is 0. The second-order valence-corrected chi connectivity index (χ2v) is 6.49. The monoisotopic (exact) mass is 439 g/mol. The summed E-state index contributed by atoms with van der Waals surface area (Å²) in [6, 6.07) is 28.5. The van der Waals surface area contributed by atoms with E-state index >= 15 is 0 Å². The molecule has 2 aliphatic rings. The van der Waals surface area contributed by atoms with Gasteiger partial charge in [0.1, 0.15) is 0 Å². The van der Waals surface area contributed by atoms with Crippen LogP contribution >= 0.6 is 0 Å². The molecule has 0 nitrogen and oxygen atoms in total. The number of allylic oxidation sites excluding steroid dienone is 4. The van der Waals surface area contributed by atoms with Crippen LogP contribution in [0.2, 0.25) is 0 Å². The Morgan fingerprint density at radius 1 is 0.857 bits per heavy atom. The van der Waals surface area contributed by atoms with E-state index in [4.69, 9.17) is 0 Å². The van der Waals surface area contributed by atoms with E-state index < -0.39 is 0 Å². The van der Waals surface area contributed by atoms with Crippen molar-refractivity contribution in [2.45, 2.75) is 25.7 Å². The van der Waals surface area contributed by atoms with Crippen molar-refractivity contribution in [3.63, 3.8) is 0 Å². The Morgan fingerprint density at radius 3 is 2.29 bits per heavy atom. The van der Waals surface area contributed by atoms with Crippen LogP contribution in [0.15, 0.2) is 91.0 Å². The Hall–Kier alpha value is -1.98. The van der Waals surface area contributed by atoms with Crippen molar-refractivity contribution >= 4 is 0 Å². The third-order valence-electron chi connectivity index (χ3n) is 4.51. The first-order chi connectivity index (χ1) is 13.4. The fourth-order valence-corrected chi connectivity index (χ4v) is 3.19. The van der Waals surface area contributed by atoms with Gasteiger partial charge in [-0.15, -0.1) is 12.0 Å². The molecule has 0 unspecified atom stereocenters. The second kappa shape index (κ2) is 12.5. The van der Waals surface area contributed by atoms with Crippen LogP contribution in [0.25, 0.3) is 11.1 Å². The molecule has 0 amide bonds. The van der Waals surface area contributed by atoms with E-state index in [1.165, 1.54) is 27.8 Å². The summed E-state index contributed by atoms with van der Waals surface area (Å²) in [5, 5.41) is 0. The Bertz CT molecular complexity index is 837. The van der Waals surface area contributed by atoms with Gasteiger partial charge in [-0.3, -0.25) is 6.08 Å². The maximum absolute atomic E-state index is 3.78. The summed E-state index contributed by atoms with van der Waals surface area (Å²) >= 11 is 0. The Balaban J connectivity index is 0.000000163. The summed E-state index contributed by atoms with van der Waals surface area (Å²) < 4.78 is 0. The molecule has 0 fully saturated rings. The van der Waals surface area contributed by atoms with Gasteiger partial charge in [-0.2, -0.15) is 42.3 Å². The summed E-state index contributed by atoms with van der Waals surface area (Å²) in [5.74, 6) is 0. The molecule has 0 heterocycles. The Labute approximate surface area is 189 Å². The van der Waals surface area contributed by atoms with E-state index in [1.807, 2.05) is 24.3 Å². The van der Waals surface area contributed by atoms with Gasteiger partial charge in [0, 0.05) is 0 Å². The maximum atomic E-state index is 3.78. The van der Waals surface area contributed by atoms with Crippen LogP contribution in [0, 0.1) is 19.1 Å². The number of aryl methyl sites for hydroxylation is 1. The number of hydrogen-bond acceptors (Lipinski definition) is 0. The van der Waals surface area contributed by atoms with E-state index in [1.54, 1.807) is 0 Å². The van der Waals surface area contributed by atoms with Gasteiger partial charge in [0.15, 0.2) is 0 Å². The van der Waals surface area contributed by atoms with E-state index in [2.05, 4.69) is 85.8 Å². The quantitative estimate of drug-likeness (QED) is 0.300. The minimum absolute atomic E-state index is 0. The predicted molar refractivity (Wildman–Crippen MR) is 115 cm³/mol. The van der Waals surface area contributed by atoms with Gasteiger partial charge < -0.3 is 6.92 Å². The largest absolute Gasteiger partial charge is 3.00 e. The summed E-state index contributed by atoms with van der Waals surface area (Å²) in [7, 11) is 0. The molecule has 3 aromatic carbocycles. The fourth-order valence-electron chi connectivity index (χ4n) is 3.19. The van der Waals surface area contributed by atoms with Gasteiger partial charge in [-0.1, -0.05) is 77.7 Å². The normalized spacial score (nSPS) is 11.9. The first-order valence-corrected chi connectivity index (χ1v) is 9.51. The smallest absolute Gasteiger partial charge is 0.343 e. The molecule has 137 valence electrons. The molecule has 0 atom stereocenters. The number of rotatable bonds is 2. The molecule has 0 saturated carbocycles. The molecule has 0 N–H and O–H groups in total. The number of benzene rings is 3. The first kappa shape index (κ1) is 22.3. The molecule has 0 aliphatic heterocycles. The van der Waals surface area contributed by atoms with Crippen LogP contribution in [0.1, 0.15) is 29.5 Å². The van der Waals surface area contributed by atoms with Gasteiger partial charge in [0.25, 0.3) is 0 Å². The average molecular weight is 441 g/mol. The molecule has 1 heteroatoms.